The van der Waals surface area contributed by atoms with Gasteiger partial charge in [-0.05, 0) is 44.5 Å². The summed E-state index contributed by atoms with van der Waals surface area (Å²) in [5.74, 6) is 2.07. The van der Waals surface area contributed by atoms with Crippen molar-refractivity contribution in [2.45, 2.75) is 45.8 Å². The second kappa shape index (κ2) is 7.78. The van der Waals surface area contributed by atoms with Crippen LogP contribution in [0, 0.1) is 0 Å². The van der Waals surface area contributed by atoms with Crippen LogP contribution in [-0.2, 0) is 19.4 Å². The Morgan fingerprint density at radius 2 is 2.05 bits per heavy atom. The fourth-order valence-electron chi connectivity index (χ4n) is 2.00. The summed E-state index contributed by atoms with van der Waals surface area (Å²) in [7, 11) is 1.97. The first-order valence-electron chi connectivity index (χ1n) is 7.41. The molecular weight excluding hydrogens is 266 g/mol. The Kier molecular flexibility index (Phi) is 5.75. The summed E-state index contributed by atoms with van der Waals surface area (Å²) >= 11 is 0. The Balaban J connectivity index is 1.85. The number of hydrogen-bond donors (Lipinski definition) is 1. The van der Waals surface area contributed by atoms with Crippen LogP contribution in [0.25, 0.3) is 0 Å². The van der Waals surface area contributed by atoms with E-state index in [0.29, 0.717) is 18.5 Å². The van der Waals surface area contributed by atoms with E-state index in [9.17, 15) is 0 Å². The van der Waals surface area contributed by atoms with Gasteiger partial charge in [-0.1, -0.05) is 24.2 Å². The monoisotopic (exact) mass is 289 g/mol. The van der Waals surface area contributed by atoms with E-state index in [4.69, 9.17) is 9.26 Å². The number of aromatic nitrogens is 2. The lowest BCUT2D eigenvalue weighted by atomic mass is 10.1. The van der Waals surface area contributed by atoms with E-state index in [1.54, 1.807) is 0 Å². The third kappa shape index (κ3) is 4.86. The van der Waals surface area contributed by atoms with Gasteiger partial charge in [0.25, 0.3) is 5.89 Å². The lowest BCUT2D eigenvalue weighted by Crippen LogP contribution is -2.23. The third-order valence-corrected chi connectivity index (χ3v) is 3.30. The molecule has 5 heteroatoms. The first kappa shape index (κ1) is 15.5. The van der Waals surface area contributed by atoms with Crippen LogP contribution in [0.15, 0.2) is 28.8 Å². The standard InChI is InChI=1S/C16H23N3O2/c1-4-5-15-18-16(21-19-15)11-20-14-8-6-13(7-9-14)10-12(2)17-3/h6-9,12,17H,4-5,10-11H2,1-3H3. The van der Waals surface area contributed by atoms with Gasteiger partial charge in [0, 0.05) is 12.5 Å². The second-order valence-electron chi connectivity index (χ2n) is 5.18. The Labute approximate surface area is 125 Å². The van der Waals surface area contributed by atoms with E-state index in [0.717, 1.165) is 30.8 Å². The number of nitrogens with zero attached hydrogens (tertiary/aromatic N) is 2. The van der Waals surface area contributed by atoms with Crippen molar-refractivity contribution in [3.63, 3.8) is 0 Å². The van der Waals surface area contributed by atoms with Crippen molar-refractivity contribution in [1.82, 2.24) is 15.5 Å². The highest BCUT2D eigenvalue weighted by Gasteiger charge is 2.06. The van der Waals surface area contributed by atoms with Crippen LogP contribution < -0.4 is 10.1 Å². The summed E-state index contributed by atoms with van der Waals surface area (Å²) in [6.45, 7) is 4.56. The first-order valence-corrected chi connectivity index (χ1v) is 7.41. The predicted molar refractivity (Wildman–Crippen MR) is 81.3 cm³/mol. The molecule has 1 heterocycles. The number of ether oxygens (including phenoxy) is 1. The molecule has 1 aromatic carbocycles. The molecule has 2 rings (SSSR count). The van der Waals surface area contributed by atoms with Gasteiger partial charge in [0.15, 0.2) is 12.4 Å². The number of rotatable bonds is 8. The summed E-state index contributed by atoms with van der Waals surface area (Å²) in [4.78, 5) is 4.27. The zero-order valence-corrected chi connectivity index (χ0v) is 12.9. The molecular formula is C16H23N3O2. The Bertz CT molecular complexity index is 537. The van der Waals surface area contributed by atoms with Gasteiger partial charge < -0.3 is 14.6 Å². The van der Waals surface area contributed by atoms with Crippen LogP contribution in [-0.4, -0.2) is 23.2 Å². The van der Waals surface area contributed by atoms with Crippen molar-refractivity contribution in [2.75, 3.05) is 7.05 Å². The lowest BCUT2D eigenvalue weighted by Gasteiger charge is -2.10. The molecule has 1 N–H and O–H groups in total. The van der Waals surface area contributed by atoms with Gasteiger partial charge in [-0.2, -0.15) is 4.98 Å². The molecule has 114 valence electrons. The Morgan fingerprint density at radius 3 is 2.71 bits per heavy atom. The fraction of sp³-hybridized carbons (Fsp3) is 0.500. The van der Waals surface area contributed by atoms with Crippen molar-refractivity contribution in [3.05, 3.63) is 41.5 Å². The lowest BCUT2D eigenvalue weighted by molar-refractivity contribution is 0.242. The normalized spacial score (nSPS) is 12.3. The molecule has 0 radical (unpaired) electrons. The average molecular weight is 289 g/mol. The molecule has 0 aliphatic heterocycles. The maximum atomic E-state index is 5.66. The summed E-state index contributed by atoms with van der Waals surface area (Å²) in [6.07, 6.45) is 2.84. The first-order chi connectivity index (χ1) is 10.2. The van der Waals surface area contributed by atoms with Gasteiger partial charge in [0.05, 0.1) is 0 Å². The summed E-state index contributed by atoms with van der Waals surface area (Å²) in [5.41, 5.74) is 1.28. The smallest absolute Gasteiger partial charge is 0.264 e. The SMILES string of the molecule is CCCc1noc(COc2ccc(CC(C)NC)cc2)n1. The minimum Gasteiger partial charge on any atom is -0.484 e. The largest absolute Gasteiger partial charge is 0.484 e. The minimum absolute atomic E-state index is 0.309. The third-order valence-electron chi connectivity index (χ3n) is 3.30. The van der Waals surface area contributed by atoms with E-state index in [1.807, 2.05) is 19.2 Å². The molecule has 0 aliphatic rings. The number of benzene rings is 1. The van der Waals surface area contributed by atoms with Crippen molar-refractivity contribution in [1.29, 1.82) is 0 Å². The van der Waals surface area contributed by atoms with Gasteiger partial charge in [-0.15, -0.1) is 0 Å². The summed E-state index contributed by atoms with van der Waals surface area (Å²) in [5, 5.41) is 7.13. The number of hydrogen-bond acceptors (Lipinski definition) is 5. The molecule has 1 atom stereocenters. The topological polar surface area (TPSA) is 60.2 Å². The van der Waals surface area contributed by atoms with Gasteiger partial charge in [-0.25, -0.2) is 0 Å². The van der Waals surface area contributed by atoms with Crippen LogP contribution in [0.5, 0.6) is 5.75 Å². The highest BCUT2D eigenvalue weighted by molar-refractivity contribution is 5.27. The molecule has 1 aromatic heterocycles. The molecule has 0 saturated carbocycles. The van der Waals surface area contributed by atoms with E-state index in [-0.39, 0.29) is 0 Å². The Hall–Kier alpha value is -1.88. The van der Waals surface area contributed by atoms with Crippen LogP contribution in [0.2, 0.25) is 0 Å². The Morgan fingerprint density at radius 1 is 1.29 bits per heavy atom. The van der Waals surface area contributed by atoms with E-state index >= 15 is 0 Å². The molecule has 0 bridgehead atoms. The van der Waals surface area contributed by atoms with E-state index in [1.165, 1.54) is 5.56 Å². The number of nitrogens with one attached hydrogen (secondary N) is 1. The van der Waals surface area contributed by atoms with Gasteiger partial charge in [-0.3, -0.25) is 0 Å². The maximum absolute atomic E-state index is 5.66. The predicted octanol–water partition coefficient (Wildman–Crippen LogP) is 2.75. The van der Waals surface area contributed by atoms with E-state index < -0.39 is 0 Å². The minimum atomic E-state index is 0.309. The highest BCUT2D eigenvalue weighted by Crippen LogP contribution is 2.15. The molecule has 0 fully saturated rings. The molecule has 1 unspecified atom stereocenters. The molecule has 2 aromatic rings. The fourth-order valence-corrected chi connectivity index (χ4v) is 2.00. The van der Waals surface area contributed by atoms with Crippen LogP contribution >= 0.6 is 0 Å². The summed E-state index contributed by atoms with van der Waals surface area (Å²) < 4.78 is 10.8. The molecule has 0 spiro atoms. The quantitative estimate of drug-likeness (QED) is 0.809. The molecule has 5 nitrogen and oxygen atoms in total. The van der Waals surface area contributed by atoms with Crippen molar-refractivity contribution in [2.24, 2.45) is 0 Å². The van der Waals surface area contributed by atoms with Crippen LogP contribution in [0.3, 0.4) is 0 Å². The second-order valence-corrected chi connectivity index (χ2v) is 5.18. The number of aryl methyl sites for hydroxylation is 1. The highest BCUT2D eigenvalue weighted by atomic mass is 16.5. The zero-order valence-electron chi connectivity index (χ0n) is 12.9. The van der Waals surface area contributed by atoms with Crippen molar-refractivity contribution >= 4 is 0 Å². The molecule has 0 saturated heterocycles. The van der Waals surface area contributed by atoms with Gasteiger partial charge in [0.1, 0.15) is 5.75 Å². The maximum Gasteiger partial charge on any atom is 0.264 e. The van der Waals surface area contributed by atoms with Crippen LogP contribution in [0.4, 0.5) is 0 Å². The average Bonchev–Trinajstić information content (AvgIpc) is 2.94. The molecule has 0 aliphatic carbocycles. The van der Waals surface area contributed by atoms with Crippen molar-refractivity contribution in [3.8, 4) is 5.75 Å². The zero-order chi connectivity index (χ0) is 15.1. The van der Waals surface area contributed by atoms with Crippen LogP contribution in [0.1, 0.15) is 37.5 Å². The number of likely N-dealkylation sites (N-methyl/N-ethyl adjacent to an activating group) is 1. The van der Waals surface area contributed by atoms with Gasteiger partial charge >= 0.3 is 0 Å². The molecule has 0 amide bonds. The van der Waals surface area contributed by atoms with Crippen molar-refractivity contribution < 1.29 is 9.26 Å². The van der Waals surface area contributed by atoms with E-state index in [2.05, 4.69) is 41.4 Å². The molecule has 21 heavy (non-hydrogen) atoms. The van der Waals surface area contributed by atoms with Gasteiger partial charge in [0.2, 0.25) is 0 Å². The summed E-state index contributed by atoms with van der Waals surface area (Å²) in [6, 6.07) is 8.58.